The largest absolute Gasteiger partial charge is 0.486 e. The second-order valence-electron chi connectivity index (χ2n) is 5.18. The van der Waals surface area contributed by atoms with Gasteiger partial charge in [-0.25, -0.2) is 8.42 Å². The smallest absolute Gasteiger partial charge is 0.266 e. The molecule has 1 heterocycles. The molecule has 0 aliphatic carbocycles. The van der Waals surface area contributed by atoms with Gasteiger partial charge in [-0.1, -0.05) is 18.2 Å². The summed E-state index contributed by atoms with van der Waals surface area (Å²) in [6.45, 7) is 2.54. The van der Waals surface area contributed by atoms with Crippen LogP contribution in [0, 0.1) is 6.92 Å². The predicted octanol–water partition coefficient (Wildman–Crippen LogP) is 1.39. The maximum atomic E-state index is 12.3. The van der Waals surface area contributed by atoms with Crippen LogP contribution in [0.15, 0.2) is 47.4 Å². The topological polar surface area (TPSA) is 93.7 Å². The average Bonchev–Trinajstić information content (AvgIpc) is 2.60. The summed E-state index contributed by atoms with van der Waals surface area (Å²) in [7, 11) is -3.93. The van der Waals surface area contributed by atoms with Crippen LogP contribution in [-0.2, 0) is 10.0 Å². The Bertz CT molecular complexity index is 880. The van der Waals surface area contributed by atoms with Crippen molar-refractivity contribution in [2.45, 2.75) is 11.8 Å². The highest BCUT2D eigenvalue weighted by Gasteiger charge is 2.20. The van der Waals surface area contributed by atoms with E-state index in [2.05, 4.69) is 10.3 Å². The van der Waals surface area contributed by atoms with Crippen LogP contribution in [0.25, 0.3) is 0 Å². The monoisotopic (exact) mass is 348 g/mol. The molecule has 0 saturated carbocycles. The normalized spacial score (nSPS) is 13.4. The number of aryl methyl sites for hydroxylation is 1. The van der Waals surface area contributed by atoms with Crippen molar-refractivity contribution in [1.29, 1.82) is 0 Å². The Kier molecular flexibility index (Phi) is 4.41. The van der Waals surface area contributed by atoms with E-state index in [9.17, 15) is 13.2 Å². The van der Waals surface area contributed by atoms with E-state index < -0.39 is 15.9 Å². The number of hydrogen-bond acceptors (Lipinski definition) is 5. The number of amides is 1. The van der Waals surface area contributed by atoms with E-state index in [1.54, 1.807) is 31.2 Å². The Labute approximate surface area is 139 Å². The highest BCUT2D eigenvalue weighted by Crippen LogP contribution is 2.32. The summed E-state index contributed by atoms with van der Waals surface area (Å²) in [6, 6.07) is 11.1. The number of benzene rings is 2. The molecular formula is C16H16N2O5S. The Morgan fingerprint density at radius 3 is 2.50 bits per heavy atom. The first-order valence-corrected chi connectivity index (χ1v) is 8.73. The zero-order valence-corrected chi connectivity index (χ0v) is 13.7. The molecule has 2 aromatic carbocycles. The molecule has 0 spiro atoms. The first-order chi connectivity index (χ1) is 11.5. The third-order valence-corrected chi connectivity index (χ3v) is 4.76. The molecule has 8 heteroatoms. The number of ether oxygens (including phenoxy) is 2. The Hall–Kier alpha value is -2.58. The van der Waals surface area contributed by atoms with Gasteiger partial charge in [0.15, 0.2) is 11.5 Å². The van der Waals surface area contributed by atoms with Gasteiger partial charge < -0.3 is 9.47 Å². The summed E-state index contributed by atoms with van der Waals surface area (Å²) in [5, 5.41) is 0. The number of hydrogen-bond donors (Lipinski definition) is 2. The molecule has 3 rings (SSSR count). The molecule has 7 nitrogen and oxygen atoms in total. The highest BCUT2D eigenvalue weighted by atomic mass is 32.2. The van der Waals surface area contributed by atoms with E-state index in [0.29, 0.717) is 30.3 Å². The van der Waals surface area contributed by atoms with Crippen LogP contribution < -0.4 is 19.7 Å². The fraction of sp³-hybridized carbons (Fsp3) is 0.188. The summed E-state index contributed by atoms with van der Waals surface area (Å²) >= 11 is 0. The van der Waals surface area contributed by atoms with Crippen molar-refractivity contribution in [2.75, 3.05) is 13.2 Å². The Balaban J connectivity index is 1.75. The quantitative estimate of drug-likeness (QED) is 0.815. The van der Waals surface area contributed by atoms with Gasteiger partial charge in [-0.15, -0.1) is 4.83 Å². The lowest BCUT2D eigenvalue weighted by molar-refractivity contribution is 0.0944. The van der Waals surface area contributed by atoms with Crippen LogP contribution >= 0.6 is 0 Å². The van der Waals surface area contributed by atoms with Gasteiger partial charge in [-0.2, -0.15) is 0 Å². The first-order valence-electron chi connectivity index (χ1n) is 7.25. The molecule has 0 atom stereocenters. The number of hydrazine groups is 1. The fourth-order valence-corrected chi connectivity index (χ4v) is 3.11. The van der Waals surface area contributed by atoms with E-state index in [0.717, 1.165) is 5.56 Å². The second-order valence-corrected chi connectivity index (χ2v) is 6.86. The third-order valence-electron chi connectivity index (χ3n) is 3.51. The minimum absolute atomic E-state index is 0.0307. The molecule has 2 N–H and O–H groups in total. The molecule has 126 valence electrons. The van der Waals surface area contributed by atoms with Gasteiger partial charge in [0.25, 0.3) is 15.9 Å². The van der Waals surface area contributed by atoms with Crippen molar-refractivity contribution in [3.63, 3.8) is 0 Å². The first kappa shape index (κ1) is 16.3. The minimum Gasteiger partial charge on any atom is -0.486 e. The van der Waals surface area contributed by atoms with Gasteiger partial charge in [0.1, 0.15) is 13.2 Å². The van der Waals surface area contributed by atoms with Gasteiger partial charge in [-0.05, 0) is 30.7 Å². The average molecular weight is 348 g/mol. The second kappa shape index (κ2) is 6.50. The number of sulfonamides is 1. The van der Waals surface area contributed by atoms with Crippen molar-refractivity contribution in [3.05, 3.63) is 53.6 Å². The number of nitrogens with one attached hydrogen (secondary N) is 2. The molecule has 24 heavy (non-hydrogen) atoms. The van der Waals surface area contributed by atoms with Crippen molar-refractivity contribution in [2.24, 2.45) is 0 Å². The molecule has 1 amide bonds. The molecule has 0 radical (unpaired) electrons. The zero-order chi connectivity index (χ0) is 17.2. The highest BCUT2D eigenvalue weighted by molar-refractivity contribution is 7.89. The number of carbonyl (C=O) groups is 1. The number of fused-ring (bicyclic) bond motifs is 1. The van der Waals surface area contributed by atoms with Crippen molar-refractivity contribution >= 4 is 15.9 Å². The van der Waals surface area contributed by atoms with Crippen molar-refractivity contribution in [1.82, 2.24) is 10.3 Å². The van der Waals surface area contributed by atoms with Crippen LogP contribution in [0.1, 0.15) is 15.9 Å². The number of rotatable bonds is 4. The summed E-state index contributed by atoms with van der Waals surface area (Å²) in [4.78, 5) is 14.1. The summed E-state index contributed by atoms with van der Waals surface area (Å²) < 4.78 is 35.3. The molecule has 0 saturated heterocycles. The van der Waals surface area contributed by atoms with E-state index in [1.165, 1.54) is 18.2 Å². The lowest BCUT2D eigenvalue weighted by Crippen LogP contribution is -2.41. The minimum atomic E-state index is -3.93. The van der Waals surface area contributed by atoms with E-state index in [-0.39, 0.29) is 4.90 Å². The molecular weight excluding hydrogens is 332 g/mol. The van der Waals surface area contributed by atoms with Crippen LogP contribution in [-0.4, -0.2) is 27.5 Å². The molecule has 1 aliphatic heterocycles. The predicted molar refractivity (Wildman–Crippen MR) is 86.4 cm³/mol. The Morgan fingerprint density at radius 2 is 1.75 bits per heavy atom. The molecule has 2 aromatic rings. The fourth-order valence-electron chi connectivity index (χ4n) is 2.26. The van der Waals surface area contributed by atoms with Crippen molar-refractivity contribution < 1.29 is 22.7 Å². The summed E-state index contributed by atoms with van der Waals surface area (Å²) in [6.07, 6.45) is 0. The van der Waals surface area contributed by atoms with E-state index in [1.807, 2.05) is 0 Å². The van der Waals surface area contributed by atoms with E-state index >= 15 is 0 Å². The maximum Gasteiger partial charge on any atom is 0.266 e. The van der Waals surface area contributed by atoms with E-state index in [4.69, 9.17) is 9.47 Å². The van der Waals surface area contributed by atoms with Crippen LogP contribution in [0.2, 0.25) is 0 Å². The van der Waals surface area contributed by atoms with Crippen LogP contribution in [0.4, 0.5) is 0 Å². The Morgan fingerprint density at radius 1 is 1.04 bits per heavy atom. The maximum absolute atomic E-state index is 12.3. The van der Waals surface area contributed by atoms with Crippen LogP contribution in [0.3, 0.4) is 0 Å². The molecule has 0 fully saturated rings. The zero-order valence-electron chi connectivity index (χ0n) is 12.9. The lowest BCUT2D eigenvalue weighted by Gasteiger charge is -2.19. The van der Waals surface area contributed by atoms with Gasteiger partial charge in [0.05, 0.1) is 4.90 Å². The molecule has 0 unspecified atom stereocenters. The van der Waals surface area contributed by atoms with Gasteiger partial charge in [-0.3, -0.25) is 10.2 Å². The lowest BCUT2D eigenvalue weighted by atomic mass is 10.1. The molecule has 0 bridgehead atoms. The van der Waals surface area contributed by atoms with Gasteiger partial charge in [0.2, 0.25) is 0 Å². The molecule has 1 aliphatic rings. The summed E-state index contributed by atoms with van der Waals surface area (Å²) in [5.74, 6) is 0.313. The standard InChI is InChI=1S/C16H16N2O5S/c1-11-4-2-3-5-13(11)16(19)17-18-24(20,21)12-6-7-14-15(10-12)23-9-8-22-14/h2-7,10,18H,8-9H2,1H3,(H,17,19). The van der Waals surface area contributed by atoms with Gasteiger partial charge in [0, 0.05) is 11.6 Å². The third kappa shape index (κ3) is 3.34. The number of carbonyl (C=O) groups excluding carboxylic acids is 1. The summed E-state index contributed by atoms with van der Waals surface area (Å²) in [5.41, 5.74) is 3.34. The molecule has 0 aromatic heterocycles. The van der Waals surface area contributed by atoms with Gasteiger partial charge >= 0.3 is 0 Å². The van der Waals surface area contributed by atoms with Crippen LogP contribution in [0.5, 0.6) is 11.5 Å². The van der Waals surface area contributed by atoms with Crippen molar-refractivity contribution in [3.8, 4) is 11.5 Å². The SMILES string of the molecule is Cc1ccccc1C(=O)NNS(=O)(=O)c1ccc2c(c1)OCCO2.